The van der Waals surface area contributed by atoms with Crippen molar-refractivity contribution >= 4 is 12.4 Å². The highest BCUT2D eigenvalue weighted by Gasteiger charge is 2.26. The monoisotopic (exact) mass is 253 g/mol. The SMILES string of the molecule is CCN(C=O)C(C(=O)O)c1ccc(OC)c(O)c1. The molecule has 0 aliphatic rings. The molecule has 0 radical (unpaired) electrons. The van der Waals surface area contributed by atoms with Crippen molar-refractivity contribution in [1.82, 2.24) is 4.90 Å². The van der Waals surface area contributed by atoms with E-state index in [4.69, 9.17) is 9.84 Å². The minimum Gasteiger partial charge on any atom is -0.504 e. The van der Waals surface area contributed by atoms with Crippen molar-refractivity contribution in [2.24, 2.45) is 0 Å². The highest BCUT2D eigenvalue weighted by Crippen LogP contribution is 2.30. The van der Waals surface area contributed by atoms with Gasteiger partial charge in [0.2, 0.25) is 6.41 Å². The fourth-order valence-electron chi connectivity index (χ4n) is 1.67. The lowest BCUT2D eigenvalue weighted by molar-refractivity contribution is -0.146. The molecule has 0 heterocycles. The first-order chi connectivity index (χ1) is 8.54. The Kier molecular flexibility index (Phi) is 4.53. The number of rotatable bonds is 6. The van der Waals surface area contributed by atoms with Crippen LogP contribution in [0.15, 0.2) is 18.2 Å². The molecule has 1 unspecified atom stereocenters. The molecule has 0 aromatic heterocycles. The first kappa shape index (κ1) is 13.8. The number of aliphatic carboxylic acids is 1. The van der Waals surface area contributed by atoms with Gasteiger partial charge in [-0.1, -0.05) is 6.07 Å². The van der Waals surface area contributed by atoms with Crippen molar-refractivity contribution < 1.29 is 24.5 Å². The number of phenols is 1. The number of carbonyl (C=O) groups excluding carboxylic acids is 1. The quantitative estimate of drug-likeness (QED) is 0.739. The molecule has 1 amide bonds. The lowest BCUT2D eigenvalue weighted by Crippen LogP contribution is -2.32. The van der Waals surface area contributed by atoms with Gasteiger partial charge in [0.05, 0.1) is 7.11 Å². The predicted molar refractivity (Wildman–Crippen MR) is 63.5 cm³/mol. The fourth-order valence-corrected chi connectivity index (χ4v) is 1.67. The Bertz CT molecular complexity index is 446. The molecule has 6 nitrogen and oxygen atoms in total. The molecular formula is C12H15NO5. The van der Waals surface area contributed by atoms with Crippen LogP contribution in [0.5, 0.6) is 11.5 Å². The van der Waals surface area contributed by atoms with Gasteiger partial charge in [0.25, 0.3) is 0 Å². The van der Waals surface area contributed by atoms with Gasteiger partial charge in [-0.2, -0.15) is 0 Å². The van der Waals surface area contributed by atoms with Crippen molar-refractivity contribution in [2.75, 3.05) is 13.7 Å². The molecule has 0 saturated carbocycles. The number of methoxy groups -OCH3 is 1. The second-order valence-electron chi connectivity index (χ2n) is 3.61. The zero-order chi connectivity index (χ0) is 13.7. The molecule has 98 valence electrons. The van der Waals surface area contributed by atoms with Crippen LogP contribution in [0.1, 0.15) is 18.5 Å². The van der Waals surface area contributed by atoms with E-state index in [0.29, 0.717) is 12.0 Å². The Morgan fingerprint density at radius 2 is 2.22 bits per heavy atom. The van der Waals surface area contributed by atoms with Gasteiger partial charge in [-0.3, -0.25) is 4.79 Å². The van der Waals surface area contributed by atoms with Crippen LogP contribution in [0.3, 0.4) is 0 Å². The normalized spacial score (nSPS) is 11.7. The Morgan fingerprint density at radius 1 is 1.56 bits per heavy atom. The Morgan fingerprint density at radius 3 is 2.61 bits per heavy atom. The predicted octanol–water partition coefficient (Wildman–Crippen LogP) is 1.00. The lowest BCUT2D eigenvalue weighted by atomic mass is 10.1. The summed E-state index contributed by atoms with van der Waals surface area (Å²) in [4.78, 5) is 23.2. The van der Waals surface area contributed by atoms with Crippen molar-refractivity contribution in [3.05, 3.63) is 23.8 Å². The number of carboxylic acids is 1. The summed E-state index contributed by atoms with van der Waals surface area (Å²) in [7, 11) is 1.40. The number of aromatic hydroxyl groups is 1. The standard InChI is InChI=1S/C12H15NO5/c1-3-13(7-14)11(12(16)17)8-4-5-10(18-2)9(15)6-8/h4-7,11,15H,3H2,1-2H3,(H,16,17). The van der Waals surface area contributed by atoms with Crippen LogP contribution in [-0.4, -0.2) is 41.1 Å². The average molecular weight is 253 g/mol. The highest BCUT2D eigenvalue weighted by atomic mass is 16.5. The Labute approximate surface area is 104 Å². The lowest BCUT2D eigenvalue weighted by Gasteiger charge is -2.24. The van der Waals surface area contributed by atoms with Crippen molar-refractivity contribution in [3.8, 4) is 11.5 Å². The highest BCUT2D eigenvalue weighted by molar-refractivity contribution is 5.78. The molecule has 0 aliphatic carbocycles. The van der Waals surface area contributed by atoms with Crippen LogP contribution >= 0.6 is 0 Å². The zero-order valence-corrected chi connectivity index (χ0v) is 10.2. The summed E-state index contributed by atoms with van der Waals surface area (Å²) in [6.45, 7) is 1.93. The molecule has 1 rings (SSSR count). The Balaban J connectivity index is 3.18. The van der Waals surface area contributed by atoms with Crippen molar-refractivity contribution in [3.63, 3.8) is 0 Å². The molecule has 0 aliphatic heterocycles. The molecule has 2 N–H and O–H groups in total. The van der Waals surface area contributed by atoms with Gasteiger partial charge in [0.1, 0.15) is 0 Å². The summed E-state index contributed by atoms with van der Waals surface area (Å²) in [5.74, 6) is -1.08. The molecule has 0 fully saturated rings. The summed E-state index contributed by atoms with van der Waals surface area (Å²) in [6.07, 6.45) is 0.472. The number of hydrogen-bond donors (Lipinski definition) is 2. The molecule has 0 bridgehead atoms. The van der Waals surface area contributed by atoms with Crippen LogP contribution in [0, 0.1) is 0 Å². The number of ether oxygens (including phenoxy) is 1. The number of carbonyl (C=O) groups is 2. The summed E-state index contributed by atoms with van der Waals surface area (Å²) >= 11 is 0. The van der Waals surface area contributed by atoms with E-state index in [1.807, 2.05) is 0 Å². The third-order valence-corrected chi connectivity index (χ3v) is 2.58. The summed E-state index contributed by atoms with van der Waals surface area (Å²) in [5.41, 5.74) is 0.315. The first-order valence-electron chi connectivity index (χ1n) is 5.35. The maximum atomic E-state index is 11.2. The van der Waals surface area contributed by atoms with Crippen LogP contribution < -0.4 is 4.74 Å². The van der Waals surface area contributed by atoms with Crippen molar-refractivity contribution in [2.45, 2.75) is 13.0 Å². The van der Waals surface area contributed by atoms with Crippen molar-refractivity contribution in [1.29, 1.82) is 0 Å². The summed E-state index contributed by atoms with van der Waals surface area (Å²) in [5, 5.41) is 18.8. The average Bonchev–Trinajstić information content (AvgIpc) is 2.35. The second-order valence-corrected chi connectivity index (χ2v) is 3.61. The number of hydrogen-bond acceptors (Lipinski definition) is 4. The number of likely N-dealkylation sites (N-methyl/N-ethyl adjacent to an activating group) is 1. The van der Waals surface area contributed by atoms with Gasteiger partial charge in [-0.05, 0) is 24.6 Å². The third-order valence-electron chi connectivity index (χ3n) is 2.58. The molecule has 0 spiro atoms. The maximum Gasteiger partial charge on any atom is 0.331 e. The number of phenolic OH excluding ortho intramolecular Hbond substituents is 1. The van der Waals surface area contributed by atoms with E-state index in [-0.39, 0.29) is 18.0 Å². The van der Waals surface area contributed by atoms with E-state index < -0.39 is 12.0 Å². The molecule has 1 atom stereocenters. The second kappa shape index (κ2) is 5.90. The number of amides is 1. The van der Waals surface area contributed by atoms with Gasteiger partial charge in [0, 0.05) is 6.54 Å². The fraction of sp³-hybridized carbons (Fsp3) is 0.333. The minimum atomic E-state index is -1.16. The maximum absolute atomic E-state index is 11.2. The van der Waals surface area contributed by atoms with Gasteiger partial charge in [-0.15, -0.1) is 0 Å². The molecule has 1 aromatic rings. The molecular weight excluding hydrogens is 238 g/mol. The zero-order valence-electron chi connectivity index (χ0n) is 10.2. The van der Waals surface area contributed by atoms with E-state index >= 15 is 0 Å². The van der Waals surface area contributed by atoms with Crippen LogP contribution in [0.2, 0.25) is 0 Å². The van der Waals surface area contributed by atoms with E-state index in [1.165, 1.54) is 25.3 Å². The van der Waals surface area contributed by atoms with E-state index in [9.17, 15) is 14.7 Å². The summed E-state index contributed by atoms with van der Waals surface area (Å²) < 4.78 is 4.87. The first-order valence-corrected chi connectivity index (χ1v) is 5.35. The minimum absolute atomic E-state index is 0.164. The number of benzene rings is 1. The largest absolute Gasteiger partial charge is 0.504 e. The van der Waals surface area contributed by atoms with Crippen LogP contribution in [0.4, 0.5) is 0 Å². The van der Waals surface area contributed by atoms with E-state index in [1.54, 1.807) is 6.92 Å². The van der Waals surface area contributed by atoms with Gasteiger partial charge in [-0.25, -0.2) is 4.79 Å². The van der Waals surface area contributed by atoms with E-state index in [0.717, 1.165) is 4.90 Å². The molecule has 18 heavy (non-hydrogen) atoms. The van der Waals surface area contributed by atoms with Gasteiger partial charge in [0.15, 0.2) is 17.5 Å². The van der Waals surface area contributed by atoms with Crippen LogP contribution in [-0.2, 0) is 9.59 Å². The number of carboxylic acid groups (broad SMARTS) is 1. The topological polar surface area (TPSA) is 87.1 Å². The third kappa shape index (κ3) is 2.71. The number of nitrogens with zero attached hydrogens (tertiary/aromatic N) is 1. The van der Waals surface area contributed by atoms with E-state index in [2.05, 4.69) is 0 Å². The van der Waals surface area contributed by atoms with Crippen LogP contribution in [0.25, 0.3) is 0 Å². The molecule has 1 aromatic carbocycles. The van der Waals surface area contributed by atoms with Gasteiger partial charge < -0.3 is 19.8 Å². The van der Waals surface area contributed by atoms with Gasteiger partial charge >= 0.3 is 5.97 Å². The summed E-state index contributed by atoms with van der Waals surface area (Å²) in [6, 6.07) is 3.12. The molecule has 6 heteroatoms. The smallest absolute Gasteiger partial charge is 0.331 e. The Hall–Kier alpha value is -2.24. The molecule has 0 saturated heterocycles.